The second-order valence-corrected chi connectivity index (χ2v) is 7.69. The Hall–Kier alpha value is -2.94. The summed E-state index contributed by atoms with van der Waals surface area (Å²) in [5.74, 6) is 2.86. The van der Waals surface area contributed by atoms with E-state index >= 15 is 0 Å². The van der Waals surface area contributed by atoms with Crippen LogP contribution in [0.1, 0.15) is 62.6 Å². The summed E-state index contributed by atoms with van der Waals surface area (Å²) in [6.07, 6.45) is 3.01. The Balaban J connectivity index is 1.90. The van der Waals surface area contributed by atoms with Gasteiger partial charge in [0, 0.05) is 5.92 Å². The zero-order valence-electron chi connectivity index (χ0n) is 19.0. The van der Waals surface area contributed by atoms with Crippen molar-refractivity contribution in [1.29, 1.82) is 0 Å². The number of rotatable bonds is 12. The van der Waals surface area contributed by atoms with Crippen LogP contribution in [-0.4, -0.2) is 19.8 Å². The molecule has 0 aliphatic heterocycles. The van der Waals surface area contributed by atoms with Gasteiger partial charge in [0.25, 0.3) is 0 Å². The summed E-state index contributed by atoms with van der Waals surface area (Å²) in [7, 11) is 0. The third-order valence-electron chi connectivity index (χ3n) is 5.06. The lowest BCUT2D eigenvalue weighted by atomic mass is 9.85. The molecule has 0 bridgehead atoms. The van der Waals surface area contributed by atoms with Gasteiger partial charge in [0.05, 0.1) is 19.8 Å². The minimum absolute atomic E-state index is 0.126. The average molecular weight is 419 g/mol. The van der Waals surface area contributed by atoms with Crippen LogP contribution in [0.2, 0.25) is 0 Å². The molecule has 0 unspecified atom stereocenters. The highest BCUT2D eigenvalue weighted by Crippen LogP contribution is 2.34. The van der Waals surface area contributed by atoms with Gasteiger partial charge in [0.2, 0.25) is 0 Å². The van der Waals surface area contributed by atoms with Crippen LogP contribution >= 0.6 is 0 Å². The third kappa shape index (κ3) is 6.52. The van der Waals surface area contributed by atoms with Gasteiger partial charge < -0.3 is 14.2 Å². The normalized spacial score (nSPS) is 10.8. The lowest BCUT2D eigenvalue weighted by molar-refractivity contribution is 0.317. The fraction of sp³-hybridized carbons (Fsp3) is 0.357. The van der Waals surface area contributed by atoms with Crippen LogP contribution in [0.25, 0.3) is 0 Å². The summed E-state index contributed by atoms with van der Waals surface area (Å²) in [5.41, 5.74) is 3.69. The van der Waals surface area contributed by atoms with Gasteiger partial charge in [-0.1, -0.05) is 57.2 Å². The van der Waals surface area contributed by atoms with Crippen molar-refractivity contribution in [2.45, 2.75) is 46.0 Å². The first-order valence-electron chi connectivity index (χ1n) is 11.4. The Morgan fingerprint density at radius 1 is 0.452 bits per heavy atom. The van der Waals surface area contributed by atoms with Crippen molar-refractivity contribution in [2.24, 2.45) is 0 Å². The molecule has 0 heterocycles. The van der Waals surface area contributed by atoms with E-state index in [4.69, 9.17) is 14.2 Å². The Kier molecular flexibility index (Phi) is 8.84. The Bertz CT molecular complexity index is 761. The largest absolute Gasteiger partial charge is 0.494 e. The molecule has 0 spiro atoms. The van der Waals surface area contributed by atoms with E-state index in [1.807, 2.05) is 0 Å². The van der Waals surface area contributed by atoms with Gasteiger partial charge in [-0.25, -0.2) is 0 Å². The second kappa shape index (κ2) is 12.0. The first-order valence-corrected chi connectivity index (χ1v) is 11.4. The molecule has 3 aromatic carbocycles. The van der Waals surface area contributed by atoms with E-state index < -0.39 is 0 Å². The minimum atomic E-state index is 0.126. The maximum atomic E-state index is 5.77. The monoisotopic (exact) mass is 418 g/mol. The second-order valence-electron chi connectivity index (χ2n) is 7.69. The summed E-state index contributed by atoms with van der Waals surface area (Å²) in [4.78, 5) is 0. The summed E-state index contributed by atoms with van der Waals surface area (Å²) < 4.78 is 17.3. The Morgan fingerprint density at radius 2 is 0.710 bits per heavy atom. The molecule has 164 valence electrons. The first kappa shape index (κ1) is 22.7. The van der Waals surface area contributed by atoms with Crippen molar-refractivity contribution in [3.05, 3.63) is 89.5 Å². The van der Waals surface area contributed by atoms with Crippen LogP contribution in [0.4, 0.5) is 0 Å². The van der Waals surface area contributed by atoms with E-state index in [0.29, 0.717) is 0 Å². The van der Waals surface area contributed by atoms with Crippen molar-refractivity contribution in [2.75, 3.05) is 19.8 Å². The number of ether oxygens (including phenoxy) is 3. The minimum Gasteiger partial charge on any atom is -0.494 e. The third-order valence-corrected chi connectivity index (χ3v) is 5.06. The molecule has 0 fully saturated rings. The van der Waals surface area contributed by atoms with E-state index in [9.17, 15) is 0 Å². The smallest absolute Gasteiger partial charge is 0.119 e. The summed E-state index contributed by atoms with van der Waals surface area (Å²) in [5, 5.41) is 0. The zero-order valence-corrected chi connectivity index (χ0v) is 19.0. The Morgan fingerprint density at radius 3 is 0.935 bits per heavy atom. The van der Waals surface area contributed by atoms with Gasteiger partial charge in [-0.2, -0.15) is 0 Å². The molecule has 0 aliphatic rings. The molecule has 0 N–H and O–H groups in total. The predicted molar refractivity (Wildman–Crippen MR) is 128 cm³/mol. The van der Waals surface area contributed by atoms with E-state index in [1.54, 1.807) is 0 Å². The molecule has 0 aliphatic carbocycles. The lowest BCUT2D eigenvalue weighted by Crippen LogP contribution is -2.05. The molecule has 0 atom stereocenters. The number of hydrogen-bond donors (Lipinski definition) is 0. The zero-order chi connectivity index (χ0) is 21.9. The molecule has 0 radical (unpaired) electrons. The molecule has 0 amide bonds. The van der Waals surface area contributed by atoms with Crippen LogP contribution < -0.4 is 14.2 Å². The summed E-state index contributed by atoms with van der Waals surface area (Å²) in [6, 6.07) is 25.4. The van der Waals surface area contributed by atoms with Crippen LogP contribution in [0.5, 0.6) is 17.2 Å². The fourth-order valence-corrected chi connectivity index (χ4v) is 3.51. The van der Waals surface area contributed by atoms with Crippen LogP contribution in [-0.2, 0) is 0 Å². The summed E-state index contributed by atoms with van der Waals surface area (Å²) >= 11 is 0. The lowest BCUT2D eigenvalue weighted by Gasteiger charge is -2.20. The topological polar surface area (TPSA) is 27.7 Å². The molecule has 31 heavy (non-hydrogen) atoms. The van der Waals surface area contributed by atoms with Crippen LogP contribution in [0.3, 0.4) is 0 Å². The van der Waals surface area contributed by atoms with E-state index in [2.05, 4.69) is 93.6 Å². The molecule has 3 rings (SSSR count). The quantitative estimate of drug-likeness (QED) is 0.290. The molecular formula is C28H34O3. The van der Waals surface area contributed by atoms with Crippen LogP contribution in [0, 0.1) is 0 Å². The maximum Gasteiger partial charge on any atom is 0.119 e. The fourth-order valence-electron chi connectivity index (χ4n) is 3.51. The van der Waals surface area contributed by atoms with Gasteiger partial charge in [0.15, 0.2) is 0 Å². The predicted octanol–water partition coefficient (Wildman–Crippen LogP) is 7.23. The molecule has 3 aromatic rings. The molecule has 0 saturated heterocycles. The van der Waals surface area contributed by atoms with Gasteiger partial charge in [-0.3, -0.25) is 0 Å². The summed E-state index contributed by atoms with van der Waals surface area (Å²) in [6.45, 7) is 8.56. The standard InChI is InChI=1S/C28H34O3/c1-4-19-29-25-13-7-22(8-14-25)28(23-9-15-26(16-10-23)30-20-5-2)24-11-17-27(18-12-24)31-21-6-3/h7-18,28H,4-6,19-21H2,1-3H3. The SMILES string of the molecule is CCCOc1ccc(C(c2ccc(OCCC)cc2)c2ccc(OCCC)cc2)cc1. The van der Waals surface area contributed by atoms with Crippen LogP contribution in [0.15, 0.2) is 72.8 Å². The number of hydrogen-bond acceptors (Lipinski definition) is 3. The first-order chi connectivity index (χ1) is 15.2. The highest BCUT2D eigenvalue weighted by Gasteiger charge is 2.17. The van der Waals surface area contributed by atoms with Crippen molar-refractivity contribution >= 4 is 0 Å². The van der Waals surface area contributed by atoms with Crippen molar-refractivity contribution in [1.82, 2.24) is 0 Å². The van der Waals surface area contributed by atoms with E-state index in [1.165, 1.54) is 16.7 Å². The van der Waals surface area contributed by atoms with Gasteiger partial charge in [-0.05, 0) is 72.4 Å². The van der Waals surface area contributed by atoms with Gasteiger partial charge in [-0.15, -0.1) is 0 Å². The molecular weight excluding hydrogens is 384 g/mol. The molecule has 3 heteroatoms. The molecule has 0 saturated carbocycles. The Labute approximate surface area is 187 Å². The molecule has 3 nitrogen and oxygen atoms in total. The van der Waals surface area contributed by atoms with E-state index in [-0.39, 0.29) is 5.92 Å². The number of benzene rings is 3. The highest BCUT2D eigenvalue weighted by atomic mass is 16.5. The molecule has 0 aromatic heterocycles. The van der Waals surface area contributed by atoms with Crippen molar-refractivity contribution < 1.29 is 14.2 Å². The van der Waals surface area contributed by atoms with Crippen molar-refractivity contribution in [3.63, 3.8) is 0 Å². The van der Waals surface area contributed by atoms with Gasteiger partial charge in [0.1, 0.15) is 17.2 Å². The van der Waals surface area contributed by atoms with Crippen molar-refractivity contribution in [3.8, 4) is 17.2 Å². The maximum absolute atomic E-state index is 5.77. The van der Waals surface area contributed by atoms with Gasteiger partial charge >= 0.3 is 0 Å². The van der Waals surface area contributed by atoms with E-state index in [0.717, 1.165) is 56.3 Å². The average Bonchev–Trinajstić information content (AvgIpc) is 2.82. The highest BCUT2D eigenvalue weighted by molar-refractivity contribution is 5.46.